The first-order valence-electron chi connectivity index (χ1n) is 9.96. The Bertz CT molecular complexity index is 1020. The van der Waals surface area contributed by atoms with E-state index in [1.165, 1.54) is 6.07 Å². The van der Waals surface area contributed by atoms with Gasteiger partial charge in [0.25, 0.3) is 0 Å². The normalized spacial score (nSPS) is 14.4. The standard InChI is InChI=1S/C23H24FN3O2/c24-20-7-3-1-5-17(20)9-10-22(28)26-11-13-27(14-12-26)23(29)15-18-16-25-21-8-4-2-6-19(18)21/h1-8,16,25H,9-15H2. The number of benzene rings is 2. The van der Waals surface area contributed by atoms with Crippen LogP contribution in [0.25, 0.3) is 10.9 Å². The number of nitrogens with one attached hydrogen (secondary N) is 1. The molecular formula is C23H24FN3O2. The number of carbonyl (C=O) groups excluding carboxylic acids is 2. The second-order valence-electron chi connectivity index (χ2n) is 7.39. The molecule has 2 aromatic carbocycles. The van der Waals surface area contributed by atoms with Gasteiger partial charge in [0.1, 0.15) is 5.82 Å². The number of hydrogen-bond donors (Lipinski definition) is 1. The zero-order chi connectivity index (χ0) is 20.2. The number of H-pyrrole nitrogens is 1. The van der Waals surface area contributed by atoms with E-state index >= 15 is 0 Å². The first kappa shape index (κ1) is 19.2. The van der Waals surface area contributed by atoms with E-state index in [-0.39, 0.29) is 24.1 Å². The Balaban J connectivity index is 1.28. The second-order valence-corrected chi connectivity index (χ2v) is 7.39. The maximum absolute atomic E-state index is 13.7. The molecule has 29 heavy (non-hydrogen) atoms. The predicted octanol–water partition coefficient (Wildman–Crippen LogP) is 3.15. The van der Waals surface area contributed by atoms with Gasteiger partial charge in [-0.3, -0.25) is 9.59 Å². The Hall–Kier alpha value is -3.15. The van der Waals surface area contributed by atoms with Crippen molar-refractivity contribution < 1.29 is 14.0 Å². The van der Waals surface area contributed by atoms with E-state index in [0.29, 0.717) is 44.6 Å². The van der Waals surface area contributed by atoms with Crippen molar-refractivity contribution >= 4 is 22.7 Å². The van der Waals surface area contributed by atoms with Crippen LogP contribution in [0.5, 0.6) is 0 Å². The van der Waals surface area contributed by atoms with Crippen molar-refractivity contribution in [1.82, 2.24) is 14.8 Å². The summed E-state index contributed by atoms with van der Waals surface area (Å²) in [4.78, 5) is 32.0. The zero-order valence-electron chi connectivity index (χ0n) is 16.2. The fraction of sp³-hybridized carbons (Fsp3) is 0.304. The van der Waals surface area contributed by atoms with Crippen LogP contribution in [0, 0.1) is 5.82 Å². The Labute approximate surface area is 169 Å². The van der Waals surface area contributed by atoms with Gasteiger partial charge in [-0.1, -0.05) is 36.4 Å². The molecule has 0 radical (unpaired) electrons. The molecule has 1 aliphatic rings. The number of aromatic amines is 1. The Morgan fingerprint density at radius 2 is 1.52 bits per heavy atom. The molecule has 1 N–H and O–H groups in total. The average Bonchev–Trinajstić information content (AvgIpc) is 3.16. The van der Waals surface area contributed by atoms with E-state index in [2.05, 4.69) is 4.98 Å². The minimum absolute atomic E-state index is 0.0111. The first-order valence-corrected chi connectivity index (χ1v) is 9.96. The number of fused-ring (bicyclic) bond motifs is 1. The number of piperazine rings is 1. The highest BCUT2D eigenvalue weighted by Gasteiger charge is 2.24. The van der Waals surface area contributed by atoms with Crippen molar-refractivity contribution in [2.45, 2.75) is 19.3 Å². The van der Waals surface area contributed by atoms with Crippen LogP contribution in [0.3, 0.4) is 0 Å². The number of aromatic nitrogens is 1. The molecule has 3 aromatic rings. The summed E-state index contributed by atoms with van der Waals surface area (Å²) in [6.07, 6.45) is 2.92. The highest BCUT2D eigenvalue weighted by molar-refractivity contribution is 5.89. The second kappa shape index (κ2) is 8.47. The molecule has 0 saturated carbocycles. The lowest BCUT2D eigenvalue weighted by atomic mass is 10.1. The van der Waals surface area contributed by atoms with Crippen LogP contribution in [-0.2, 0) is 22.4 Å². The van der Waals surface area contributed by atoms with Gasteiger partial charge in [-0.05, 0) is 29.7 Å². The van der Waals surface area contributed by atoms with Gasteiger partial charge < -0.3 is 14.8 Å². The minimum Gasteiger partial charge on any atom is -0.361 e. The molecule has 0 unspecified atom stereocenters. The van der Waals surface area contributed by atoms with Crippen LogP contribution >= 0.6 is 0 Å². The highest BCUT2D eigenvalue weighted by Crippen LogP contribution is 2.19. The van der Waals surface area contributed by atoms with E-state index in [1.807, 2.05) is 35.4 Å². The molecule has 1 fully saturated rings. The van der Waals surface area contributed by atoms with Crippen LogP contribution in [0.4, 0.5) is 4.39 Å². The topological polar surface area (TPSA) is 56.4 Å². The number of nitrogens with zero attached hydrogens (tertiary/aromatic N) is 2. The number of carbonyl (C=O) groups is 2. The van der Waals surface area contributed by atoms with Gasteiger partial charge in [-0.2, -0.15) is 0 Å². The molecule has 0 atom stereocenters. The van der Waals surface area contributed by atoms with E-state index in [9.17, 15) is 14.0 Å². The van der Waals surface area contributed by atoms with E-state index in [0.717, 1.165) is 16.5 Å². The lowest BCUT2D eigenvalue weighted by molar-refractivity contribution is -0.139. The Morgan fingerprint density at radius 3 is 2.28 bits per heavy atom. The van der Waals surface area contributed by atoms with E-state index in [4.69, 9.17) is 0 Å². The van der Waals surface area contributed by atoms with Gasteiger partial charge in [0.15, 0.2) is 0 Å². The first-order chi connectivity index (χ1) is 14.1. The fourth-order valence-electron chi connectivity index (χ4n) is 3.86. The van der Waals surface area contributed by atoms with Crippen molar-refractivity contribution in [3.8, 4) is 0 Å². The third-order valence-corrected chi connectivity index (χ3v) is 5.57. The molecule has 1 aromatic heterocycles. The number of hydrogen-bond acceptors (Lipinski definition) is 2. The molecule has 6 heteroatoms. The lowest BCUT2D eigenvalue weighted by Gasteiger charge is -2.35. The third-order valence-electron chi connectivity index (χ3n) is 5.57. The van der Waals surface area contributed by atoms with Crippen molar-refractivity contribution in [2.75, 3.05) is 26.2 Å². The quantitative estimate of drug-likeness (QED) is 0.724. The predicted molar refractivity (Wildman–Crippen MR) is 110 cm³/mol. The zero-order valence-corrected chi connectivity index (χ0v) is 16.2. The maximum Gasteiger partial charge on any atom is 0.227 e. The van der Waals surface area contributed by atoms with Crippen LogP contribution in [-0.4, -0.2) is 52.8 Å². The molecule has 5 nitrogen and oxygen atoms in total. The number of rotatable bonds is 5. The van der Waals surface area contributed by atoms with Gasteiger partial charge in [0.2, 0.25) is 11.8 Å². The van der Waals surface area contributed by atoms with Crippen molar-refractivity contribution in [2.24, 2.45) is 0 Å². The molecule has 150 valence electrons. The third kappa shape index (κ3) is 4.31. The molecule has 0 aliphatic carbocycles. The van der Waals surface area contributed by atoms with Gasteiger partial charge in [0, 0.05) is 49.7 Å². The molecule has 0 bridgehead atoms. The SMILES string of the molecule is O=C(CCc1ccccc1F)N1CCN(C(=O)Cc2c[nH]c3ccccc23)CC1. The minimum atomic E-state index is -0.270. The van der Waals surface area contributed by atoms with Crippen molar-refractivity contribution in [1.29, 1.82) is 0 Å². The molecule has 1 saturated heterocycles. The van der Waals surface area contributed by atoms with Crippen LogP contribution in [0.15, 0.2) is 54.7 Å². The van der Waals surface area contributed by atoms with E-state index < -0.39 is 0 Å². The number of amides is 2. The molecule has 4 rings (SSSR count). The summed E-state index contributed by atoms with van der Waals surface area (Å²) in [6, 6.07) is 14.5. The summed E-state index contributed by atoms with van der Waals surface area (Å²) in [5, 5.41) is 1.07. The number of para-hydroxylation sites is 1. The van der Waals surface area contributed by atoms with Crippen molar-refractivity contribution in [3.05, 3.63) is 71.7 Å². The maximum atomic E-state index is 13.7. The number of aryl methyl sites for hydroxylation is 1. The Kier molecular flexibility index (Phi) is 5.60. The number of halogens is 1. The summed E-state index contributed by atoms with van der Waals surface area (Å²) in [6.45, 7) is 2.12. The van der Waals surface area contributed by atoms with Gasteiger partial charge >= 0.3 is 0 Å². The summed E-state index contributed by atoms with van der Waals surface area (Å²) in [5.74, 6) is -0.182. The van der Waals surface area contributed by atoms with Crippen LogP contribution < -0.4 is 0 Å². The molecular weight excluding hydrogens is 369 g/mol. The monoisotopic (exact) mass is 393 g/mol. The van der Waals surface area contributed by atoms with Gasteiger partial charge in [-0.25, -0.2) is 4.39 Å². The largest absolute Gasteiger partial charge is 0.361 e. The van der Waals surface area contributed by atoms with Gasteiger partial charge in [0.05, 0.1) is 6.42 Å². The van der Waals surface area contributed by atoms with Crippen molar-refractivity contribution in [3.63, 3.8) is 0 Å². The van der Waals surface area contributed by atoms with E-state index in [1.54, 1.807) is 23.1 Å². The lowest BCUT2D eigenvalue weighted by Crippen LogP contribution is -2.51. The summed E-state index contributed by atoms with van der Waals surface area (Å²) >= 11 is 0. The summed E-state index contributed by atoms with van der Waals surface area (Å²) < 4.78 is 13.7. The molecule has 1 aliphatic heterocycles. The molecule has 0 spiro atoms. The van der Waals surface area contributed by atoms with Crippen LogP contribution in [0.2, 0.25) is 0 Å². The molecule has 2 amide bonds. The molecule has 2 heterocycles. The average molecular weight is 393 g/mol. The smallest absolute Gasteiger partial charge is 0.227 e. The van der Waals surface area contributed by atoms with Gasteiger partial charge in [-0.15, -0.1) is 0 Å². The fourth-order valence-corrected chi connectivity index (χ4v) is 3.86. The summed E-state index contributed by atoms with van der Waals surface area (Å²) in [5.41, 5.74) is 2.59. The van der Waals surface area contributed by atoms with Crippen LogP contribution in [0.1, 0.15) is 17.5 Å². The highest BCUT2D eigenvalue weighted by atomic mass is 19.1. The summed E-state index contributed by atoms with van der Waals surface area (Å²) in [7, 11) is 0. The Morgan fingerprint density at radius 1 is 0.862 bits per heavy atom.